The lowest BCUT2D eigenvalue weighted by Crippen LogP contribution is -2.40. The molecule has 2 amide bonds. The number of nitrogens with one attached hydrogen (secondary N) is 2. The van der Waals surface area contributed by atoms with Gasteiger partial charge in [-0.05, 0) is 56.0 Å². The summed E-state index contributed by atoms with van der Waals surface area (Å²) in [5, 5.41) is 5.36. The second-order valence-electron chi connectivity index (χ2n) is 5.93. The van der Waals surface area contributed by atoms with Gasteiger partial charge in [-0.2, -0.15) is 0 Å². The van der Waals surface area contributed by atoms with Crippen LogP contribution in [0.15, 0.2) is 12.1 Å². The van der Waals surface area contributed by atoms with Crippen LogP contribution in [0.5, 0.6) is 0 Å². The highest BCUT2D eigenvalue weighted by atomic mass is 19.1. The summed E-state index contributed by atoms with van der Waals surface area (Å²) in [5.74, 6) is -3.19. The fourth-order valence-electron chi connectivity index (χ4n) is 3.30. The molecule has 2 saturated heterocycles. The topological polar surface area (TPSA) is 58.2 Å². The van der Waals surface area contributed by atoms with Crippen LogP contribution >= 0.6 is 0 Å². The summed E-state index contributed by atoms with van der Waals surface area (Å²) in [6.07, 6.45) is 1.93. The highest BCUT2D eigenvalue weighted by Crippen LogP contribution is 2.33. The zero-order valence-electron chi connectivity index (χ0n) is 12.1. The first-order valence-electron chi connectivity index (χ1n) is 7.59. The van der Waals surface area contributed by atoms with Crippen molar-refractivity contribution in [3.05, 3.63) is 34.9 Å². The summed E-state index contributed by atoms with van der Waals surface area (Å²) in [7, 11) is 0. The van der Waals surface area contributed by atoms with Crippen molar-refractivity contribution in [2.75, 3.05) is 13.1 Å². The smallest absolute Gasteiger partial charge is 0.234 e. The number of piperidine rings is 2. The highest BCUT2D eigenvalue weighted by molar-refractivity contribution is 6.00. The van der Waals surface area contributed by atoms with Crippen LogP contribution in [0.4, 0.5) is 8.78 Å². The van der Waals surface area contributed by atoms with Crippen LogP contribution in [0.2, 0.25) is 0 Å². The number of rotatable bonds is 2. The molecule has 3 rings (SSSR count). The molecular formula is C16H18F2N2O2. The molecule has 4 nitrogen and oxygen atoms in total. The molecule has 1 aromatic carbocycles. The Morgan fingerprint density at radius 1 is 1.00 bits per heavy atom. The number of carbonyl (C=O) groups is 2. The standard InChI is InChI=1S/C16H18F2N2O2/c17-12-7-10(9-3-5-19-6-4-9)8-13(18)15(12)11-1-2-14(21)20-16(11)22/h7-9,11,19H,1-6H2,(H,20,21,22)/t11-/m1/s1. The lowest BCUT2D eigenvalue weighted by Gasteiger charge is -2.25. The van der Waals surface area contributed by atoms with Crippen LogP contribution in [0, 0.1) is 11.6 Å². The van der Waals surface area contributed by atoms with Gasteiger partial charge >= 0.3 is 0 Å². The van der Waals surface area contributed by atoms with E-state index < -0.39 is 29.4 Å². The van der Waals surface area contributed by atoms with Crippen LogP contribution in [-0.4, -0.2) is 24.9 Å². The summed E-state index contributed by atoms with van der Waals surface area (Å²) in [6, 6.07) is 2.69. The van der Waals surface area contributed by atoms with Crippen molar-refractivity contribution in [3.8, 4) is 0 Å². The second kappa shape index (κ2) is 6.12. The van der Waals surface area contributed by atoms with Crippen LogP contribution in [0.1, 0.15) is 48.6 Å². The van der Waals surface area contributed by atoms with Crippen molar-refractivity contribution in [2.24, 2.45) is 0 Å². The fraction of sp³-hybridized carbons (Fsp3) is 0.500. The second-order valence-corrected chi connectivity index (χ2v) is 5.93. The molecule has 2 N–H and O–H groups in total. The maximum atomic E-state index is 14.4. The Hall–Kier alpha value is -1.82. The Balaban J connectivity index is 1.89. The predicted octanol–water partition coefficient (Wildman–Crippen LogP) is 1.95. The zero-order valence-corrected chi connectivity index (χ0v) is 12.1. The molecule has 0 bridgehead atoms. The first-order chi connectivity index (χ1) is 10.6. The predicted molar refractivity (Wildman–Crippen MR) is 76.3 cm³/mol. The number of hydrogen-bond acceptors (Lipinski definition) is 3. The van der Waals surface area contributed by atoms with E-state index in [9.17, 15) is 18.4 Å². The molecule has 0 aliphatic carbocycles. The van der Waals surface area contributed by atoms with Gasteiger partial charge in [0.1, 0.15) is 11.6 Å². The summed E-state index contributed by atoms with van der Waals surface area (Å²) < 4.78 is 28.8. The van der Waals surface area contributed by atoms with Crippen molar-refractivity contribution in [3.63, 3.8) is 0 Å². The molecule has 0 saturated carbocycles. The molecule has 0 aromatic heterocycles. The monoisotopic (exact) mass is 308 g/mol. The average molecular weight is 308 g/mol. The summed E-state index contributed by atoms with van der Waals surface area (Å²) >= 11 is 0. The minimum absolute atomic E-state index is 0.103. The van der Waals surface area contributed by atoms with E-state index in [1.807, 2.05) is 0 Å². The maximum absolute atomic E-state index is 14.4. The molecule has 2 fully saturated rings. The Bertz CT molecular complexity index is 589. The minimum Gasteiger partial charge on any atom is -0.317 e. The van der Waals surface area contributed by atoms with Gasteiger partial charge in [-0.25, -0.2) is 8.78 Å². The van der Waals surface area contributed by atoms with E-state index in [1.54, 1.807) is 0 Å². The van der Waals surface area contributed by atoms with E-state index in [0.717, 1.165) is 25.9 Å². The molecule has 1 atom stereocenters. The molecule has 2 heterocycles. The quantitative estimate of drug-likeness (QED) is 0.821. The number of benzene rings is 1. The molecule has 1 aromatic rings. The molecule has 2 aliphatic heterocycles. The largest absolute Gasteiger partial charge is 0.317 e. The summed E-state index contributed by atoms with van der Waals surface area (Å²) in [4.78, 5) is 23.0. The van der Waals surface area contributed by atoms with Crippen LogP contribution < -0.4 is 10.6 Å². The van der Waals surface area contributed by atoms with Crippen molar-refractivity contribution >= 4 is 11.8 Å². The van der Waals surface area contributed by atoms with Gasteiger partial charge in [0.15, 0.2) is 0 Å². The van der Waals surface area contributed by atoms with Gasteiger partial charge in [0.25, 0.3) is 0 Å². The number of carbonyl (C=O) groups excluding carboxylic acids is 2. The third-order valence-electron chi connectivity index (χ3n) is 4.50. The van der Waals surface area contributed by atoms with Gasteiger partial charge in [-0.3, -0.25) is 14.9 Å². The molecule has 6 heteroatoms. The van der Waals surface area contributed by atoms with Gasteiger partial charge < -0.3 is 5.32 Å². The minimum atomic E-state index is -0.931. The molecule has 0 unspecified atom stereocenters. The van der Waals surface area contributed by atoms with Crippen LogP contribution in [0.3, 0.4) is 0 Å². The van der Waals surface area contributed by atoms with Gasteiger partial charge in [-0.1, -0.05) is 0 Å². The summed E-state index contributed by atoms with van der Waals surface area (Å²) in [6.45, 7) is 1.67. The van der Waals surface area contributed by atoms with E-state index in [1.165, 1.54) is 12.1 Å². The summed E-state index contributed by atoms with van der Waals surface area (Å²) in [5.41, 5.74) is 0.426. The Labute approximate surface area is 127 Å². The number of halogens is 2. The molecular weight excluding hydrogens is 290 g/mol. The van der Waals surface area contributed by atoms with Crippen LogP contribution in [0.25, 0.3) is 0 Å². The Morgan fingerprint density at radius 2 is 1.64 bits per heavy atom. The SMILES string of the molecule is O=C1CC[C@H](c2c(F)cc(C3CCNCC3)cc2F)C(=O)N1. The van der Waals surface area contributed by atoms with Gasteiger partial charge in [0, 0.05) is 12.0 Å². The number of amides is 2. The third-order valence-corrected chi connectivity index (χ3v) is 4.50. The maximum Gasteiger partial charge on any atom is 0.234 e. The highest BCUT2D eigenvalue weighted by Gasteiger charge is 2.33. The lowest BCUT2D eigenvalue weighted by atomic mass is 9.85. The van der Waals surface area contributed by atoms with Gasteiger partial charge in [0.05, 0.1) is 5.92 Å². The zero-order chi connectivity index (χ0) is 15.7. The van der Waals surface area contributed by atoms with Crippen molar-refractivity contribution in [1.29, 1.82) is 0 Å². The first kappa shape index (κ1) is 15.1. The van der Waals surface area contributed by atoms with Crippen molar-refractivity contribution in [1.82, 2.24) is 10.6 Å². The van der Waals surface area contributed by atoms with E-state index in [2.05, 4.69) is 10.6 Å². The van der Waals surface area contributed by atoms with E-state index in [-0.39, 0.29) is 24.3 Å². The van der Waals surface area contributed by atoms with Gasteiger partial charge in [0.2, 0.25) is 11.8 Å². The van der Waals surface area contributed by atoms with Crippen LogP contribution in [-0.2, 0) is 9.59 Å². The van der Waals surface area contributed by atoms with E-state index in [0.29, 0.717) is 5.56 Å². The number of imide groups is 1. The fourth-order valence-corrected chi connectivity index (χ4v) is 3.30. The third kappa shape index (κ3) is 2.88. The average Bonchev–Trinajstić information content (AvgIpc) is 2.49. The van der Waals surface area contributed by atoms with Gasteiger partial charge in [-0.15, -0.1) is 0 Å². The Morgan fingerprint density at radius 3 is 2.23 bits per heavy atom. The molecule has 0 spiro atoms. The lowest BCUT2D eigenvalue weighted by molar-refractivity contribution is -0.134. The van der Waals surface area contributed by atoms with Crippen molar-refractivity contribution < 1.29 is 18.4 Å². The van der Waals surface area contributed by atoms with E-state index >= 15 is 0 Å². The van der Waals surface area contributed by atoms with Crippen molar-refractivity contribution in [2.45, 2.75) is 37.5 Å². The molecule has 118 valence electrons. The normalized spacial score (nSPS) is 23.5. The first-order valence-corrected chi connectivity index (χ1v) is 7.59. The molecule has 22 heavy (non-hydrogen) atoms. The molecule has 0 radical (unpaired) electrons. The Kier molecular flexibility index (Phi) is 4.20. The molecule has 2 aliphatic rings. The number of hydrogen-bond donors (Lipinski definition) is 2. The van der Waals surface area contributed by atoms with E-state index in [4.69, 9.17) is 0 Å².